The molecule has 2 fully saturated rings. The van der Waals surface area contributed by atoms with Crippen LogP contribution >= 0.6 is 0 Å². The first-order chi connectivity index (χ1) is 9.99. The van der Waals surface area contributed by atoms with Gasteiger partial charge in [0.05, 0.1) is 0 Å². The zero-order chi connectivity index (χ0) is 15.3. The van der Waals surface area contributed by atoms with Crippen LogP contribution < -0.4 is 5.32 Å². The van der Waals surface area contributed by atoms with E-state index in [1.54, 1.807) is 0 Å². The molecule has 1 N–H and O–H groups in total. The fourth-order valence-electron chi connectivity index (χ4n) is 4.21. The number of likely N-dealkylation sites (tertiary alicyclic amines) is 1. The van der Waals surface area contributed by atoms with Crippen LogP contribution in [0.5, 0.6) is 0 Å². The summed E-state index contributed by atoms with van der Waals surface area (Å²) in [5, 5.41) is 3.92. The van der Waals surface area contributed by atoms with Gasteiger partial charge in [-0.25, -0.2) is 0 Å². The molecule has 0 aromatic heterocycles. The predicted molar refractivity (Wildman–Crippen MR) is 92.7 cm³/mol. The molecule has 2 atom stereocenters. The predicted octanol–water partition coefficient (Wildman–Crippen LogP) is 4.30. The summed E-state index contributed by atoms with van der Waals surface area (Å²) in [6, 6.07) is 0.793. The van der Waals surface area contributed by atoms with Gasteiger partial charge in [-0.1, -0.05) is 34.1 Å². The van der Waals surface area contributed by atoms with Crippen molar-refractivity contribution < 1.29 is 0 Å². The highest BCUT2D eigenvalue weighted by Crippen LogP contribution is 2.36. The van der Waals surface area contributed by atoms with E-state index in [0.29, 0.717) is 5.41 Å². The Bertz CT molecular complexity index is 286. The molecule has 124 valence electrons. The van der Waals surface area contributed by atoms with E-state index in [1.807, 2.05) is 0 Å². The number of piperidine rings is 1. The Morgan fingerprint density at radius 3 is 2.29 bits per heavy atom. The topological polar surface area (TPSA) is 15.3 Å². The summed E-state index contributed by atoms with van der Waals surface area (Å²) in [4.78, 5) is 2.59. The highest BCUT2D eigenvalue weighted by atomic mass is 15.1. The van der Waals surface area contributed by atoms with Crippen LogP contribution in [0.3, 0.4) is 0 Å². The molecule has 2 nitrogen and oxygen atoms in total. The average molecular weight is 295 g/mol. The molecule has 0 aromatic rings. The lowest BCUT2D eigenvalue weighted by molar-refractivity contribution is 0.185. The molecule has 1 saturated heterocycles. The number of nitrogens with one attached hydrogen (secondary N) is 1. The normalized spacial score (nSPS) is 30.3. The van der Waals surface area contributed by atoms with Crippen molar-refractivity contribution in [2.24, 2.45) is 17.3 Å². The fraction of sp³-hybridized carbons (Fsp3) is 1.00. The summed E-state index contributed by atoms with van der Waals surface area (Å²) < 4.78 is 0. The standard InChI is InChI=1S/C19H38N2/c1-5-21-13-11-16(12-14-21)15-20-18-8-6-7-17(9-10-18)19(2,3)4/h16-18,20H,5-15H2,1-4H3. The van der Waals surface area contributed by atoms with Gasteiger partial charge in [-0.15, -0.1) is 0 Å². The fourth-order valence-corrected chi connectivity index (χ4v) is 4.21. The Kier molecular flexibility index (Phi) is 6.55. The van der Waals surface area contributed by atoms with Crippen molar-refractivity contribution in [1.82, 2.24) is 10.2 Å². The maximum Gasteiger partial charge on any atom is 0.00672 e. The van der Waals surface area contributed by atoms with Gasteiger partial charge in [-0.05, 0) is 82.0 Å². The van der Waals surface area contributed by atoms with E-state index in [1.165, 1.54) is 71.1 Å². The highest BCUT2D eigenvalue weighted by Gasteiger charge is 2.28. The largest absolute Gasteiger partial charge is 0.314 e. The smallest absolute Gasteiger partial charge is 0.00672 e. The lowest BCUT2D eigenvalue weighted by Gasteiger charge is -2.32. The van der Waals surface area contributed by atoms with Gasteiger partial charge in [0.15, 0.2) is 0 Å². The zero-order valence-electron chi connectivity index (χ0n) is 15.0. The van der Waals surface area contributed by atoms with Gasteiger partial charge in [0.2, 0.25) is 0 Å². The second-order valence-corrected chi connectivity index (χ2v) is 8.55. The van der Waals surface area contributed by atoms with Crippen LogP contribution in [0, 0.1) is 17.3 Å². The monoisotopic (exact) mass is 294 g/mol. The molecule has 0 radical (unpaired) electrons. The van der Waals surface area contributed by atoms with E-state index in [0.717, 1.165) is 17.9 Å². The van der Waals surface area contributed by atoms with Gasteiger partial charge in [-0.3, -0.25) is 0 Å². The molecular formula is C19H38N2. The summed E-state index contributed by atoms with van der Waals surface area (Å²) in [5.41, 5.74) is 0.502. The summed E-state index contributed by atoms with van der Waals surface area (Å²) in [7, 11) is 0. The Hall–Kier alpha value is -0.0800. The Labute approximate surface area is 133 Å². The van der Waals surface area contributed by atoms with E-state index in [4.69, 9.17) is 0 Å². The van der Waals surface area contributed by atoms with E-state index < -0.39 is 0 Å². The van der Waals surface area contributed by atoms with Gasteiger partial charge < -0.3 is 10.2 Å². The van der Waals surface area contributed by atoms with Crippen LogP contribution in [0.4, 0.5) is 0 Å². The van der Waals surface area contributed by atoms with Crippen LogP contribution in [-0.4, -0.2) is 37.1 Å². The lowest BCUT2D eigenvalue weighted by atomic mass is 9.76. The SMILES string of the molecule is CCN1CCC(CNC2CCCC(C(C)(C)C)CC2)CC1. The second kappa shape index (κ2) is 7.97. The molecule has 1 heterocycles. The summed E-state index contributed by atoms with van der Waals surface area (Å²) in [6.45, 7) is 14.7. The molecule has 0 bridgehead atoms. The number of rotatable bonds is 4. The molecule has 2 heteroatoms. The van der Waals surface area contributed by atoms with Crippen molar-refractivity contribution in [3.8, 4) is 0 Å². The van der Waals surface area contributed by atoms with E-state index in [9.17, 15) is 0 Å². The number of nitrogens with zero attached hydrogens (tertiary/aromatic N) is 1. The number of hydrogen-bond donors (Lipinski definition) is 1. The van der Waals surface area contributed by atoms with Gasteiger partial charge in [0, 0.05) is 6.04 Å². The van der Waals surface area contributed by atoms with Crippen LogP contribution in [-0.2, 0) is 0 Å². The van der Waals surface area contributed by atoms with Crippen molar-refractivity contribution in [2.75, 3.05) is 26.2 Å². The molecule has 0 spiro atoms. The van der Waals surface area contributed by atoms with Crippen molar-refractivity contribution in [2.45, 2.75) is 78.7 Å². The Morgan fingerprint density at radius 2 is 1.67 bits per heavy atom. The molecule has 2 unspecified atom stereocenters. The zero-order valence-corrected chi connectivity index (χ0v) is 15.0. The van der Waals surface area contributed by atoms with Gasteiger partial charge >= 0.3 is 0 Å². The number of hydrogen-bond acceptors (Lipinski definition) is 2. The summed E-state index contributed by atoms with van der Waals surface area (Å²) in [5.74, 6) is 1.85. The van der Waals surface area contributed by atoms with Gasteiger partial charge in [-0.2, -0.15) is 0 Å². The third-order valence-corrected chi connectivity index (χ3v) is 6.04. The summed E-state index contributed by atoms with van der Waals surface area (Å²) >= 11 is 0. The van der Waals surface area contributed by atoms with Crippen molar-refractivity contribution in [1.29, 1.82) is 0 Å². The molecule has 1 saturated carbocycles. The van der Waals surface area contributed by atoms with Crippen LogP contribution in [0.1, 0.15) is 72.6 Å². The first-order valence-corrected chi connectivity index (χ1v) is 9.44. The van der Waals surface area contributed by atoms with E-state index in [2.05, 4.69) is 37.9 Å². The second-order valence-electron chi connectivity index (χ2n) is 8.55. The minimum atomic E-state index is 0.502. The average Bonchev–Trinajstić information content (AvgIpc) is 2.71. The molecular weight excluding hydrogens is 256 g/mol. The molecule has 21 heavy (non-hydrogen) atoms. The highest BCUT2D eigenvalue weighted by molar-refractivity contribution is 4.82. The van der Waals surface area contributed by atoms with E-state index in [-0.39, 0.29) is 0 Å². The Balaban J connectivity index is 1.67. The molecule has 1 aliphatic heterocycles. The van der Waals surface area contributed by atoms with Crippen LogP contribution in [0.2, 0.25) is 0 Å². The molecule has 2 aliphatic rings. The van der Waals surface area contributed by atoms with Crippen molar-refractivity contribution in [3.05, 3.63) is 0 Å². The molecule has 1 aliphatic carbocycles. The first-order valence-electron chi connectivity index (χ1n) is 9.44. The first kappa shape index (κ1) is 17.3. The summed E-state index contributed by atoms with van der Waals surface area (Å²) in [6.07, 6.45) is 9.90. The maximum absolute atomic E-state index is 3.92. The molecule has 0 amide bonds. The maximum atomic E-state index is 3.92. The molecule has 0 aromatic carbocycles. The van der Waals surface area contributed by atoms with Gasteiger partial charge in [0.25, 0.3) is 0 Å². The minimum Gasteiger partial charge on any atom is -0.314 e. The molecule has 2 rings (SSSR count). The third-order valence-electron chi connectivity index (χ3n) is 6.04. The quantitative estimate of drug-likeness (QED) is 0.778. The third kappa shape index (κ3) is 5.56. The van der Waals surface area contributed by atoms with E-state index >= 15 is 0 Å². The lowest BCUT2D eigenvalue weighted by Crippen LogP contribution is -2.39. The Morgan fingerprint density at radius 1 is 0.952 bits per heavy atom. The van der Waals surface area contributed by atoms with Crippen LogP contribution in [0.15, 0.2) is 0 Å². The van der Waals surface area contributed by atoms with Crippen molar-refractivity contribution >= 4 is 0 Å². The van der Waals surface area contributed by atoms with Crippen molar-refractivity contribution in [3.63, 3.8) is 0 Å². The minimum absolute atomic E-state index is 0.502. The van der Waals surface area contributed by atoms with Crippen LogP contribution in [0.25, 0.3) is 0 Å². The van der Waals surface area contributed by atoms with Gasteiger partial charge in [0.1, 0.15) is 0 Å².